The number of nitrogens with one attached hydrogen (secondary N) is 2. The lowest BCUT2D eigenvalue weighted by Gasteiger charge is -2.15. The van der Waals surface area contributed by atoms with Crippen LogP contribution in [0.5, 0.6) is 11.5 Å². The van der Waals surface area contributed by atoms with Gasteiger partial charge in [-0.3, -0.25) is 4.79 Å². The Morgan fingerprint density at radius 1 is 1.36 bits per heavy atom. The van der Waals surface area contributed by atoms with E-state index in [0.717, 1.165) is 5.56 Å². The fourth-order valence-electron chi connectivity index (χ4n) is 2.26. The van der Waals surface area contributed by atoms with Crippen LogP contribution in [0.1, 0.15) is 5.56 Å². The number of hydrogen-bond acceptors (Lipinski definition) is 5. The van der Waals surface area contributed by atoms with Gasteiger partial charge < -0.3 is 20.5 Å². The Bertz CT molecular complexity index is 860. The van der Waals surface area contributed by atoms with Gasteiger partial charge in [-0.25, -0.2) is 0 Å². The number of thioether (sulfide) groups is 1. The van der Waals surface area contributed by atoms with Crippen molar-refractivity contribution in [2.24, 2.45) is 0 Å². The predicted octanol–water partition coefficient (Wildman–Crippen LogP) is 4.42. The fourth-order valence-corrected chi connectivity index (χ4v) is 3.81. The highest BCUT2D eigenvalue weighted by Gasteiger charge is 2.27. The van der Waals surface area contributed by atoms with E-state index in [1.807, 2.05) is 0 Å². The molecule has 1 saturated heterocycles. The molecule has 1 fully saturated rings. The molecule has 0 aromatic heterocycles. The highest BCUT2D eigenvalue weighted by molar-refractivity contribution is 9.10. The van der Waals surface area contributed by atoms with E-state index in [9.17, 15) is 9.90 Å². The van der Waals surface area contributed by atoms with Crippen LogP contribution >= 0.6 is 39.3 Å². The molecule has 3 N–H and O–H groups in total. The molecule has 1 aliphatic rings. The number of ether oxygens (including phenoxy) is 1. The Morgan fingerprint density at radius 2 is 2.16 bits per heavy atom. The van der Waals surface area contributed by atoms with E-state index < -0.39 is 0 Å². The third kappa shape index (κ3) is 4.23. The zero-order valence-electron chi connectivity index (χ0n) is 13.0. The van der Waals surface area contributed by atoms with Gasteiger partial charge in [0.2, 0.25) is 0 Å². The monoisotopic (exact) mass is 440 g/mol. The quantitative estimate of drug-likeness (QED) is 0.613. The topological polar surface area (TPSA) is 70.6 Å². The number of carbonyl (C=O) groups is 1. The number of methoxy groups -OCH3 is 1. The number of rotatable bonds is 4. The number of phenolic OH excluding ortho intramolecular Hbond substituents is 1. The molecule has 0 radical (unpaired) electrons. The molecule has 1 atom stereocenters. The Balaban J connectivity index is 1.77. The Morgan fingerprint density at radius 3 is 2.88 bits per heavy atom. The smallest absolute Gasteiger partial charge is 0.260 e. The molecule has 1 aliphatic heterocycles. The highest BCUT2D eigenvalue weighted by Crippen LogP contribution is 2.35. The molecule has 1 heterocycles. The maximum atomic E-state index is 12.2. The molecule has 8 heteroatoms. The number of aromatic hydroxyl groups is 1. The predicted molar refractivity (Wildman–Crippen MR) is 105 cm³/mol. The number of halogens is 2. The first kappa shape index (κ1) is 18.0. The van der Waals surface area contributed by atoms with E-state index in [1.165, 1.54) is 11.8 Å². The van der Waals surface area contributed by atoms with Gasteiger partial charge in [-0.05, 0) is 57.9 Å². The molecule has 0 bridgehead atoms. The lowest BCUT2D eigenvalue weighted by atomic mass is 10.2. The number of phenols is 1. The molecular weight excluding hydrogens is 428 g/mol. The first-order valence-corrected chi connectivity index (χ1v) is 9.29. The molecule has 0 spiro atoms. The van der Waals surface area contributed by atoms with E-state index in [0.29, 0.717) is 25.8 Å². The summed E-state index contributed by atoms with van der Waals surface area (Å²) >= 11 is 10.6. The Hall–Kier alpha value is -1.83. The Labute approximate surface area is 162 Å². The second kappa shape index (κ2) is 7.59. The third-order valence-electron chi connectivity index (χ3n) is 3.45. The summed E-state index contributed by atoms with van der Waals surface area (Å²) in [5, 5.41) is 16.2. The van der Waals surface area contributed by atoms with Crippen LogP contribution in [0.15, 0.2) is 45.8 Å². The van der Waals surface area contributed by atoms with Gasteiger partial charge in [-0.2, -0.15) is 0 Å². The minimum Gasteiger partial charge on any atom is -0.507 e. The number of hydrogen-bond donors (Lipinski definition) is 3. The molecular formula is C17H14BrClN2O3S. The van der Waals surface area contributed by atoms with Crippen LogP contribution in [-0.4, -0.2) is 23.6 Å². The van der Waals surface area contributed by atoms with Crippen LogP contribution in [0.25, 0.3) is 6.08 Å². The summed E-state index contributed by atoms with van der Waals surface area (Å²) < 4.78 is 5.87. The van der Waals surface area contributed by atoms with Gasteiger partial charge in [0.25, 0.3) is 5.91 Å². The average Bonchev–Trinajstić information content (AvgIpc) is 2.90. The summed E-state index contributed by atoms with van der Waals surface area (Å²) in [6, 6.07) is 10.3. The summed E-state index contributed by atoms with van der Waals surface area (Å²) in [6.45, 7) is 0. The van der Waals surface area contributed by atoms with Gasteiger partial charge in [-0.15, -0.1) is 0 Å². The van der Waals surface area contributed by atoms with Crippen molar-refractivity contribution < 1.29 is 14.6 Å². The lowest BCUT2D eigenvalue weighted by Crippen LogP contribution is -2.31. The van der Waals surface area contributed by atoms with Crippen molar-refractivity contribution in [3.63, 3.8) is 0 Å². The van der Waals surface area contributed by atoms with E-state index in [4.69, 9.17) is 16.3 Å². The molecule has 5 nitrogen and oxygen atoms in total. The van der Waals surface area contributed by atoms with Crippen molar-refractivity contribution in [1.29, 1.82) is 0 Å². The van der Waals surface area contributed by atoms with E-state index in [1.54, 1.807) is 49.6 Å². The molecule has 3 rings (SSSR count). The number of carbonyl (C=O) groups excluding carboxylic acids is 1. The molecule has 2 aromatic carbocycles. The summed E-state index contributed by atoms with van der Waals surface area (Å²) in [7, 11) is 1.57. The van der Waals surface area contributed by atoms with Crippen molar-refractivity contribution >= 4 is 57.0 Å². The first-order chi connectivity index (χ1) is 12.0. The van der Waals surface area contributed by atoms with Crippen LogP contribution in [0.2, 0.25) is 5.02 Å². The molecule has 1 unspecified atom stereocenters. The largest absolute Gasteiger partial charge is 0.507 e. The van der Waals surface area contributed by atoms with E-state index >= 15 is 0 Å². The van der Waals surface area contributed by atoms with Crippen molar-refractivity contribution in [3.05, 3.63) is 56.4 Å². The number of benzene rings is 2. The van der Waals surface area contributed by atoms with Crippen LogP contribution in [0.3, 0.4) is 0 Å². The zero-order valence-corrected chi connectivity index (χ0v) is 16.2. The van der Waals surface area contributed by atoms with Gasteiger partial charge in [0.1, 0.15) is 11.5 Å². The molecule has 0 saturated carbocycles. The lowest BCUT2D eigenvalue weighted by molar-refractivity contribution is -0.116. The second-order valence-corrected chi connectivity index (χ2v) is 7.62. The first-order valence-electron chi connectivity index (χ1n) is 7.24. The van der Waals surface area contributed by atoms with E-state index in [2.05, 4.69) is 26.6 Å². The van der Waals surface area contributed by atoms with Crippen LogP contribution in [-0.2, 0) is 4.79 Å². The van der Waals surface area contributed by atoms with Crippen LogP contribution in [0.4, 0.5) is 5.69 Å². The SMILES string of the molecule is COc1ccc(Cl)cc1NC1NC(=O)/C(=C/c2ccc(O)c(Br)c2)S1. The summed E-state index contributed by atoms with van der Waals surface area (Å²) in [5.74, 6) is 0.616. The number of anilines is 1. The minimum absolute atomic E-state index is 0.151. The van der Waals surface area contributed by atoms with Gasteiger partial charge in [0, 0.05) is 5.02 Å². The Kier molecular flexibility index (Phi) is 5.46. The van der Waals surface area contributed by atoms with Crippen molar-refractivity contribution in [2.75, 3.05) is 12.4 Å². The minimum atomic E-state index is -0.341. The fraction of sp³-hybridized carbons (Fsp3) is 0.118. The zero-order chi connectivity index (χ0) is 18.0. The van der Waals surface area contributed by atoms with Gasteiger partial charge in [-0.1, -0.05) is 29.4 Å². The van der Waals surface area contributed by atoms with Crippen molar-refractivity contribution in [3.8, 4) is 11.5 Å². The standard InChI is InChI=1S/C17H14BrClN2O3S/c1-24-14-5-3-10(19)8-12(14)20-17-21-16(23)15(25-17)7-9-2-4-13(22)11(18)6-9/h2-8,17,20,22H,1H3,(H,21,23)/b15-7-. The van der Waals surface area contributed by atoms with Crippen molar-refractivity contribution in [1.82, 2.24) is 5.32 Å². The number of amides is 1. The maximum absolute atomic E-state index is 12.2. The van der Waals surface area contributed by atoms with Crippen LogP contribution < -0.4 is 15.4 Å². The van der Waals surface area contributed by atoms with Crippen molar-refractivity contribution in [2.45, 2.75) is 5.50 Å². The summed E-state index contributed by atoms with van der Waals surface area (Å²) in [6.07, 6.45) is 1.76. The van der Waals surface area contributed by atoms with E-state index in [-0.39, 0.29) is 17.2 Å². The maximum Gasteiger partial charge on any atom is 0.260 e. The molecule has 2 aromatic rings. The van der Waals surface area contributed by atoms with Gasteiger partial charge in [0.05, 0.1) is 22.2 Å². The highest BCUT2D eigenvalue weighted by atomic mass is 79.9. The summed E-state index contributed by atoms with van der Waals surface area (Å²) in [5.41, 5.74) is 1.16. The third-order valence-corrected chi connectivity index (χ3v) is 5.35. The van der Waals surface area contributed by atoms with Gasteiger partial charge in [0.15, 0.2) is 5.50 Å². The molecule has 25 heavy (non-hydrogen) atoms. The molecule has 0 aliphatic carbocycles. The average molecular weight is 442 g/mol. The summed E-state index contributed by atoms with van der Waals surface area (Å²) in [4.78, 5) is 12.8. The van der Waals surface area contributed by atoms with Crippen LogP contribution in [0, 0.1) is 0 Å². The molecule has 130 valence electrons. The molecule has 1 amide bonds. The normalized spacial score (nSPS) is 18.3. The van der Waals surface area contributed by atoms with Gasteiger partial charge >= 0.3 is 0 Å². The second-order valence-electron chi connectivity index (χ2n) is 5.18.